The summed E-state index contributed by atoms with van der Waals surface area (Å²) in [5.41, 5.74) is -5.57. The summed E-state index contributed by atoms with van der Waals surface area (Å²) in [6, 6.07) is -10.6. The number of morpholine rings is 1. The van der Waals surface area contributed by atoms with E-state index in [-0.39, 0.29) is 12.8 Å². The van der Waals surface area contributed by atoms with Gasteiger partial charge in [-0.3, -0.25) is 24.6 Å². The highest BCUT2D eigenvalue weighted by Gasteiger charge is 2.39. The molecule has 2 aromatic carbocycles. The summed E-state index contributed by atoms with van der Waals surface area (Å²) < 4.78 is 181. The zero-order valence-corrected chi connectivity index (χ0v) is 16.5. The molecule has 3 amide bonds. The Labute approximate surface area is 222 Å². The summed E-state index contributed by atoms with van der Waals surface area (Å²) in [5.74, 6) is -3.14. The van der Waals surface area contributed by atoms with Gasteiger partial charge in [0.15, 0.2) is 0 Å². The number of nitrogens with zero attached hydrogens (tertiary/aromatic N) is 2. The van der Waals surface area contributed by atoms with Gasteiger partial charge in [-0.15, -0.1) is 0 Å². The van der Waals surface area contributed by atoms with Crippen molar-refractivity contribution in [2.75, 3.05) is 31.4 Å². The van der Waals surface area contributed by atoms with Crippen molar-refractivity contribution >= 4 is 23.4 Å². The maximum atomic E-state index is 13.6. The number of hydrogen-bond donors (Lipinski definition) is 2. The minimum atomic E-state index is -3.95. The van der Waals surface area contributed by atoms with Crippen molar-refractivity contribution in [3.05, 3.63) is 64.6 Å². The van der Waals surface area contributed by atoms with Crippen molar-refractivity contribution in [3.8, 4) is 0 Å². The largest absolute Gasteiger partial charge is 0.381 e. The van der Waals surface area contributed by atoms with E-state index in [4.69, 9.17) is 28.8 Å². The summed E-state index contributed by atoms with van der Waals surface area (Å²) in [6.45, 7) is -26.0. The average molecular weight is 470 g/mol. The van der Waals surface area contributed by atoms with Gasteiger partial charge >= 0.3 is 0 Å². The molecule has 0 aliphatic carbocycles. The highest BCUT2D eigenvalue weighted by Crippen LogP contribution is 2.32. The van der Waals surface area contributed by atoms with Crippen molar-refractivity contribution < 1.29 is 47.9 Å². The molecule has 172 valence electrons. The van der Waals surface area contributed by atoms with Crippen molar-refractivity contribution in [1.29, 1.82) is 0 Å². The van der Waals surface area contributed by atoms with Crippen LogP contribution in [-0.2, 0) is 33.8 Å². The van der Waals surface area contributed by atoms with E-state index in [1.807, 2.05) is 10.6 Å². The third kappa shape index (κ3) is 4.62. The van der Waals surface area contributed by atoms with Gasteiger partial charge in [0.1, 0.15) is 6.04 Å². The van der Waals surface area contributed by atoms with Gasteiger partial charge < -0.3 is 15.0 Å². The van der Waals surface area contributed by atoms with Crippen molar-refractivity contribution in [2.24, 2.45) is 0 Å². The smallest absolute Gasteiger partial charge is 0.255 e. The number of imide groups is 1. The van der Waals surface area contributed by atoms with E-state index in [0.29, 0.717) is 4.90 Å². The molecule has 0 spiro atoms. The quantitative estimate of drug-likeness (QED) is 0.628. The first kappa shape index (κ1) is 8.21. The van der Waals surface area contributed by atoms with Gasteiger partial charge in [-0.1, -0.05) is 30.2 Å². The molecule has 3 aliphatic rings. The Morgan fingerprint density at radius 2 is 1.88 bits per heavy atom. The van der Waals surface area contributed by atoms with Crippen LogP contribution in [0.5, 0.6) is 0 Å². The number of benzene rings is 2. The lowest BCUT2D eigenvalue weighted by Crippen LogP contribution is -2.52. The maximum absolute atomic E-state index is 13.6. The normalized spacial score (nSPS) is 38.9. The summed E-state index contributed by atoms with van der Waals surface area (Å²) in [6.07, 6.45) is -0.687. The number of carbonyl (C=O) groups is 3. The molecule has 2 aromatic rings. The molecule has 0 radical (unpaired) electrons. The topological polar surface area (TPSA) is 91.0 Å². The summed E-state index contributed by atoms with van der Waals surface area (Å²) in [5, 5.41) is 3.97. The number of hydrogen-bond acceptors (Lipinski definition) is 6. The number of amides is 3. The lowest BCUT2D eigenvalue weighted by molar-refractivity contribution is -0.136. The van der Waals surface area contributed by atoms with E-state index in [1.54, 1.807) is 0 Å². The maximum Gasteiger partial charge on any atom is 0.255 e. The Bertz CT molecular complexity index is 1970. The fraction of sp³-hybridized carbons (Fsp3) is 0.400. The lowest BCUT2D eigenvalue weighted by Gasteiger charge is -2.29. The second-order valence-electron chi connectivity index (χ2n) is 6.73. The van der Waals surface area contributed by atoms with Gasteiger partial charge in [-0.05, 0) is 29.6 Å². The second kappa shape index (κ2) is 9.33. The molecule has 0 bridgehead atoms. The Hall–Kier alpha value is -3.23. The highest BCUT2D eigenvalue weighted by molar-refractivity contribution is 6.06. The highest BCUT2D eigenvalue weighted by atomic mass is 16.5. The molecule has 1 atom stereocenters. The SMILES string of the molecule is [2H]c1c([2H])c(NC([2H])([2H])c2c([2H])c([2H])c(C([2H])([2H])N3C([2H])([2H])C([2H])([2H])OC([2H])([2H])C3([2H])[2H])c([2H])c2[2H])c2c(c1[2H])C(=O)N([C@H]1CCC(=O)NC1=O)C2([2H])[2H]. The standard InChI is InChI=1S/C25H28N4O4/c30-23-9-8-22(24(31)27-23)29-16-20-19(25(29)32)2-1-3-21(20)26-14-17-4-6-18(7-5-17)15-28-10-12-33-13-11-28/h1-7,22,26H,8-16H2,(H,27,30,31)/t22-/m0/s1/i1D,2D,3D,4D,5D,6D,7D,10D2,11D2,12D2,13D2,14D2,15D2,16D2. The minimum absolute atomic E-state index is 0.320. The van der Waals surface area contributed by atoms with Gasteiger partial charge in [-0.2, -0.15) is 0 Å². The van der Waals surface area contributed by atoms with Crippen LogP contribution in [-0.4, -0.2) is 59.7 Å². The van der Waals surface area contributed by atoms with E-state index >= 15 is 0 Å². The summed E-state index contributed by atoms with van der Waals surface area (Å²) in [7, 11) is 0. The molecule has 2 fully saturated rings. The van der Waals surface area contributed by atoms with E-state index < -0.39 is 145 Å². The van der Waals surface area contributed by atoms with Crippen molar-refractivity contribution in [3.63, 3.8) is 0 Å². The molecule has 33 heavy (non-hydrogen) atoms. The number of anilines is 1. The van der Waals surface area contributed by atoms with Crippen LogP contribution in [0.2, 0.25) is 0 Å². The van der Waals surface area contributed by atoms with Crippen molar-refractivity contribution in [1.82, 2.24) is 15.1 Å². The van der Waals surface area contributed by atoms with Crippen LogP contribution in [0, 0.1) is 0 Å². The monoisotopic (exact) mass is 469 g/mol. The molecule has 0 unspecified atom stereocenters. The molecular formula is C25H28N4O4. The third-order valence-corrected chi connectivity index (χ3v) is 4.64. The van der Waals surface area contributed by atoms with E-state index in [2.05, 4.69) is 4.74 Å². The van der Waals surface area contributed by atoms with Crippen LogP contribution in [0.4, 0.5) is 5.69 Å². The molecule has 0 saturated carbocycles. The van der Waals surface area contributed by atoms with Gasteiger partial charge in [0.05, 0.1) is 33.7 Å². The zero-order valence-electron chi connectivity index (χ0n) is 37.5. The van der Waals surface area contributed by atoms with Gasteiger partial charge in [0.25, 0.3) is 5.91 Å². The van der Waals surface area contributed by atoms with Crippen molar-refractivity contribution in [2.45, 2.75) is 38.4 Å². The number of rotatable bonds is 6. The molecule has 3 heterocycles. The first-order valence-electron chi connectivity index (χ1n) is 19.9. The molecule has 2 saturated heterocycles. The van der Waals surface area contributed by atoms with Crippen LogP contribution in [0.15, 0.2) is 42.3 Å². The Balaban J connectivity index is 1.68. The number of fused-ring (bicyclic) bond motifs is 1. The molecule has 3 aliphatic heterocycles. The molecule has 5 rings (SSSR count). The fourth-order valence-electron chi connectivity index (χ4n) is 3.13. The fourth-order valence-corrected chi connectivity index (χ4v) is 3.13. The van der Waals surface area contributed by atoms with Gasteiger partial charge in [0.2, 0.25) is 11.8 Å². The average Bonchev–Trinajstić information content (AvgIpc) is 3.20. The molecule has 8 nitrogen and oxygen atoms in total. The molecular weight excluding hydrogens is 420 g/mol. The van der Waals surface area contributed by atoms with Crippen LogP contribution in [0.25, 0.3) is 0 Å². The molecule has 2 N–H and O–H groups in total. The van der Waals surface area contributed by atoms with E-state index in [1.165, 1.54) is 0 Å². The van der Waals surface area contributed by atoms with Gasteiger partial charge in [-0.25, -0.2) is 0 Å². The first-order valence-corrected chi connectivity index (χ1v) is 9.45. The van der Waals surface area contributed by atoms with E-state index in [0.717, 1.165) is 0 Å². The summed E-state index contributed by atoms with van der Waals surface area (Å²) in [4.78, 5) is 37.8. The molecule has 0 aromatic heterocycles. The predicted octanol–water partition coefficient (Wildman–Crippen LogP) is 1.89. The minimum Gasteiger partial charge on any atom is -0.381 e. The van der Waals surface area contributed by atoms with Crippen LogP contribution in [0.1, 0.15) is 68.7 Å². The van der Waals surface area contributed by atoms with Crippen LogP contribution >= 0.6 is 0 Å². The Morgan fingerprint density at radius 1 is 1.12 bits per heavy atom. The molecule has 8 heteroatoms. The van der Waals surface area contributed by atoms with Crippen LogP contribution in [0.3, 0.4) is 0 Å². The second-order valence-corrected chi connectivity index (χ2v) is 6.73. The van der Waals surface area contributed by atoms with Gasteiger partial charge in [0, 0.05) is 63.9 Å². The van der Waals surface area contributed by atoms with Crippen LogP contribution < -0.4 is 10.6 Å². The number of piperidine rings is 1. The number of carbonyl (C=O) groups excluding carboxylic acids is 3. The Morgan fingerprint density at radius 3 is 2.64 bits per heavy atom. The zero-order chi connectivity index (χ0) is 41.4. The first-order chi connectivity index (χ1) is 24.2. The number of nitrogens with one attached hydrogen (secondary N) is 2. The summed E-state index contributed by atoms with van der Waals surface area (Å²) >= 11 is 0. The lowest BCUT2D eigenvalue weighted by atomic mass is 10.0. The number of ether oxygens (including phenoxy) is 1. The van der Waals surface area contributed by atoms with E-state index in [9.17, 15) is 14.4 Å². The predicted molar refractivity (Wildman–Crippen MR) is 122 cm³/mol. The Kier molecular flexibility index (Phi) is 2.32. The third-order valence-electron chi connectivity index (χ3n) is 4.64.